The highest BCUT2D eigenvalue weighted by Crippen LogP contribution is 2.36. The number of amides is 1. The first-order valence-electron chi connectivity index (χ1n) is 6.07. The number of Topliss-reactive ketones (excluding diaryl/α,β-unsaturated/α-hetero) is 1. The van der Waals surface area contributed by atoms with Gasteiger partial charge in [-0.3, -0.25) is 14.5 Å². The van der Waals surface area contributed by atoms with Crippen molar-refractivity contribution in [3.8, 4) is 0 Å². The summed E-state index contributed by atoms with van der Waals surface area (Å²) in [5.41, 5.74) is 0.943. The van der Waals surface area contributed by atoms with Crippen molar-refractivity contribution < 1.29 is 14.0 Å². The number of ketones is 1. The lowest BCUT2D eigenvalue weighted by Crippen LogP contribution is -2.29. The second-order valence-electron chi connectivity index (χ2n) is 4.30. The highest BCUT2D eigenvalue weighted by molar-refractivity contribution is 9.10. The molecule has 0 atom stereocenters. The largest absolute Gasteiger partial charge is 0.423 e. The Balaban J connectivity index is 1.98. The van der Waals surface area contributed by atoms with Gasteiger partial charge < -0.3 is 4.42 Å². The van der Waals surface area contributed by atoms with Gasteiger partial charge in [0.05, 0.1) is 11.3 Å². The number of carbonyl (C=O) groups excluding carboxylic acids is 2. The first-order valence-corrected chi connectivity index (χ1v) is 6.87. The topological polar surface area (TPSA) is 76.3 Å². The smallest absolute Gasteiger partial charge is 0.299 e. The molecule has 0 aliphatic carbocycles. The standard InChI is InChI=1S/C13H10BrN3O3/c1-2-9-15-16-10(20-9)6-17-11-7(12(18)13(17)19)4-3-5-8(11)14/h3-5H,2,6H2,1H3. The Kier molecular flexibility index (Phi) is 3.13. The number of nitrogens with zero attached hydrogens (tertiary/aromatic N) is 3. The molecule has 20 heavy (non-hydrogen) atoms. The van der Waals surface area contributed by atoms with E-state index in [-0.39, 0.29) is 6.54 Å². The molecule has 0 saturated carbocycles. The molecular weight excluding hydrogens is 326 g/mol. The van der Waals surface area contributed by atoms with Crippen molar-refractivity contribution in [2.45, 2.75) is 19.9 Å². The van der Waals surface area contributed by atoms with Crippen LogP contribution in [0.1, 0.15) is 29.1 Å². The fraction of sp³-hybridized carbons (Fsp3) is 0.231. The van der Waals surface area contributed by atoms with Crippen LogP contribution in [0.15, 0.2) is 27.1 Å². The van der Waals surface area contributed by atoms with Gasteiger partial charge in [0.25, 0.3) is 11.7 Å². The summed E-state index contributed by atoms with van der Waals surface area (Å²) >= 11 is 3.36. The third-order valence-electron chi connectivity index (χ3n) is 3.05. The quantitative estimate of drug-likeness (QED) is 0.803. The number of aromatic nitrogens is 2. The van der Waals surface area contributed by atoms with E-state index in [1.807, 2.05) is 6.92 Å². The van der Waals surface area contributed by atoms with E-state index in [0.29, 0.717) is 33.9 Å². The van der Waals surface area contributed by atoms with Gasteiger partial charge in [0.2, 0.25) is 11.8 Å². The fourth-order valence-corrected chi connectivity index (χ4v) is 2.67. The molecule has 0 saturated heterocycles. The number of benzene rings is 1. The van der Waals surface area contributed by atoms with Crippen molar-refractivity contribution in [2.24, 2.45) is 0 Å². The van der Waals surface area contributed by atoms with Crippen molar-refractivity contribution in [3.63, 3.8) is 0 Å². The first kappa shape index (κ1) is 13.0. The molecule has 1 aromatic carbocycles. The van der Waals surface area contributed by atoms with Crippen LogP contribution in [-0.2, 0) is 17.8 Å². The van der Waals surface area contributed by atoms with Gasteiger partial charge in [0, 0.05) is 10.9 Å². The van der Waals surface area contributed by atoms with Crippen LogP contribution < -0.4 is 4.90 Å². The monoisotopic (exact) mass is 335 g/mol. The number of fused-ring (bicyclic) bond motifs is 1. The third-order valence-corrected chi connectivity index (χ3v) is 3.69. The molecule has 102 valence electrons. The summed E-state index contributed by atoms with van der Waals surface area (Å²) in [5.74, 6) is -0.281. The SMILES string of the molecule is CCc1nnc(CN2C(=O)C(=O)c3cccc(Br)c32)o1. The minimum Gasteiger partial charge on any atom is -0.423 e. The zero-order valence-electron chi connectivity index (χ0n) is 10.6. The number of anilines is 1. The second-order valence-corrected chi connectivity index (χ2v) is 5.15. The van der Waals surface area contributed by atoms with Crippen LogP contribution in [0, 0.1) is 0 Å². The predicted octanol–water partition coefficient (Wildman–Crippen LogP) is 2.12. The number of halogens is 1. The molecule has 0 bridgehead atoms. The predicted molar refractivity (Wildman–Crippen MR) is 73.3 cm³/mol. The minimum atomic E-state index is -0.580. The van der Waals surface area contributed by atoms with E-state index in [0.717, 1.165) is 0 Å². The summed E-state index contributed by atoms with van der Waals surface area (Å²) in [6, 6.07) is 5.13. The lowest BCUT2D eigenvalue weighted by molar-refractivity contribution is -0.114. The molecule has 2 aromatic rings. The van der Waals surface area contributed by atoms with Gasteiger partial charge in [0.15, 0.2) is 0 Å². The van der Waals surface area contributed by atoms with E-state index in [1.54, 1.807) is 18.2 Å². The summed E-state index contributed by atoms with van der Waals surface area (Å²) < 4.78 is 6.08. The number of hydrogen-bond donors (Lipinski definition) is 0. The number of hydrogen-bond acceptors (Lipinski definition) is 5. The molecular formula is C13H10BrN3O3. The van der Waals surface area contributed by atoms with Crippen LogP contribution in [-0.4, -0.2) is 21.9 Å². The normalized spacial score (nSPS) is 14.0. The highest BCUT2D eigenvalue weighted by atomic mass is 79.9. The van der Waals surface area contributed by atoms with E-state index in [4.69, 9.17) is 4.42 Å². The van der Waals surface area contributed by atoms with Crippen molar-refractivity contribution in [3.05, 3.63) is 40.0 Å². The van der Waals surface area contributed by atoms with Crippen LogP contribution in [0.5, 0.6) is 0 Å². The van der Waals surface area contributed by atoms with Crippen molar-refractivity contribution in [1.82, 2.24) is 10.2 Å². The number of aryl methyl sites for hydroxylation is 1. The summed E-state index contributed by atoms with van der Waals surface area (Å²) in [4.78, 5) is 25.3. The summed E-state index contributed by atoms with van der Waals surface area (Å²) in [6.07, 6.45) is 0.625. The van der Waals surface area contributed by atoms with Crippen molar-refractivity contribution >= 4 is 33.3 Å². The number of rotatable bonds is 3. The molecule has 0 radical (unpaired) electrons. The van der Waals surface area contributed by atoms with Gasteiger partial charge in [-0.1, -0.05) is 13.0 Å². The van der Waals surface area contributed by atoms with Crippen molar-refractivity contribution in [1.29, 1.82) is 0 Å². The lowest BCUT2D eigenvalue weighted by atomic mass is 10.1. The average Bonchev–Trinajstić information content (AvgIpc) is 2.99. The Hall–Kier alpha value is -2.02. The molecule has 1 amide bonds. The van der Waals surface area contributed by atoms with Crippen LogP contribution >= 0.6 is 15.9 Å². The maximum Gasteiger partial charge on any atom is 0.299 e. The number of para-hydroxylation sites is 1. The van der Waals surface area contributed by atoms with Crippen LogP contribution in [0.2, 0.25) is 0 Å². The third kappa shape index (κ3) is 1.94. The van der Waals surface area contributed by atoms with Crippen LogP contribution in [0.4, 0.5) is 5.69 Å². The zero-order valence-corrected chi connectivity index (χ0v) is 12.2. The Morgan fingerprint density at radius 3 is 2.70 bits per heavy atom. The second kappa shape index (κ2) is 4.82. The van der Waals surface area contributed by atoms with Gasteiger partial charge >= 0.3 is 0 Å². The molecule has 0 unspecified atom stereocenters. The molecule has 3 rings (SSSR count). The van der Waals surface area contributed by atoms with Crippen LogP contribution in [0.3, 0.4) is 0 Å². The summed E-state index contributed by atoms with van der Waals surface area (Å²) in [6.45, 7) is 1.99. The molecule has 1 aromatic heterocycles. The summed E-state index contributed by atoms with van der Waals surface area (Å²) in [5, 5.41) is 7.72. The van der Waals surface area contributed by atoms with Gasteiger partial charge in [-0.2, -0.15) is 0 Å². The highest BCUT2D eigenvalue weighted by Gasteiger charge is 2.37. The van der Waals surface area contributed by atoms with E-state index >= 15 is 0 Å². The Bertz CT molecular complexity index is 711. The molecule has 1 aliphatic rings. The zero-order chi connectivity index (χ0) is 14.3. The van der Waals surface area contributed by atoms with Gasteiger partial charge in [-0.05, 0) is 28.1 Å². The van der Waals surface area contributed by atoms with E-state index in [1.165, 1.54) is 4.90 Å². The molecule has 2 heterocycles. The van der Waals surface area contributed by atoms with E-state index < -0.39 is 11.7 Å². The molecule has 0 spiro atoms. The lowest BCUT2D eigenvalue weighted by Gasteiger charge is -2.15. The molecule has 1 aliphatic heterocycles. The first-order chi connectivity index (χ1) is 9.61. The fourth-order valence-electron chi connectivity index (χ4n) is 2.09. The Labute approximate surface area is 122 Å². The molecule has 0 fully saturated rings. The van der Waals surface area contributed by atoms with Gasteiger partial charge in [-0.15, -0.1) is 10.2 Å². The molecule has 6 nitrogen and oxygen atoms in total. The maximum atomic E-state index is 12.1. The maximum absolute atomic E-state index is 12.1. The van der Waals surface area contributed by atoms with Gasteiger partial charge in [0.1, 0.15) is 6.54 Å². The average molecular weight is 336 g/mol. The molecule has 0 N–H and O–H groups in total. The van der Waals surface area contributed by atoms with E-state index in [9.17, 15) is 9.59 Å². The summed E-state index contributed by atoms with van der Waals surface area (Å²) in [7, 11) is 0. The van der Waals surface area contributed by atoms with Crippen molar-refractivity contribution in [2.75, 3.05) is 4.90 Å². The van der Waals surface area contributed by atoms with Gasteiger partial charge in [-0.25, -0.2) is 0 Å². The minimum absolute atomic E-state index is 0.0905. The Morgan fingerprint density at radius 1 is 1.25 bits per heavy atom. The number of carbonyl (C=O) groups is 2. The van der Waals surface area contributed by atoms with E-state index in [2.05, 4.69) is 26.1 Å². The molecule has 7 heteroatoms. The van der Waals surface area contributed by atoms with Crippen LogP contribution in [0.25, 0.3) is 0 Å². The Morgan fingerprint density at radius 2 is 2.00 bits per heavy atom.